The van der Waals surface area contributed by atoms with E-state index in [0.717, 1.165) is 0 Å². The van der Waals surface area contributed by atoms with Gasteiger partial charge in [-0.15, -0.1) is 0 Å². The minimum Gasteiger partial charge on any atom is -0.310 e. The molecule has 0 radical (unpaired) electrons. The third-order valence-corrected chi connectivity index (χ3v) is 19.7. The topological polar surface area (TPSA) is 14.8 Å². The first-order valence-corrected chi connectivity index (χ1v) is 28.8. The molecule has 16 aromatic carbocycles. The van der Waals surface area contributed by atoms with Crippen molar-refractivity contribution < 1.29 is 0 Å². The first-order chi connectivity index (χ1) is 40.8. The van der Waals surface area contributed by atoms with Gasteiger partial charge in [0.05, 0.1) is 27.6 Å². The van der Waals surface area contributed by atoms with Crippen LogP contribution in [0.1, 0.15) is 0 Å². The molecule has 21 rings (SSSR count). The third-order valence-electron chi connectivity index (χ3n) is 19.7. The molecule has 0 aliphatic carbocycles. The molecule has 0 N–H and O–H groups in total. The number of rotatable bonds is 1. The molecular formula is C78H42BN3. The van der Waals surface area contributed by atoms with Crippen molar-refractivity contribution in [3.63, 3.8) is 0 Å². The highest BCUT2D eigenvalue weighted by Gasteiger charge is 2.43. The van der Waals surface area contributed by atoms with Gasteiger partial charge in [-0.1, -0.05) is 212 Å². The second kappa shape index (κ2) is 14.8. The van der Waals surface area contributed by atoms with E-state index in [1.165, 1.54) is 196 Å². The standard InChI is InChI=1S/C78H42BN3/c1-4-24-50-44(18-1)47-21-7-10-29-55(47)70-58(50)38-39-67-73(70)74-71-56-30-11-8-22-48(56)46-20-3-6-26-52(46)61(71)42-64-78(74)81(67)68-34-17-35-69-75(68)79(64)63-41-43(80-65-32-15-13-27-53(65)54-28-14-16-33-66(54)80)40-62-60-37-36-59-51-25-5-2-19-45(51)49-23-9-12-31-57(49)72(59)77(60)82(69)76(62)63/h1-42H. The highest BCUT2D eigenvalue weighted by molar-refractivity contribution is 7.00. The van der Waals surface area contributed by atoms with Crippen molar-refractivity contribution in [1.29, 1.82) is 0 Å². The fourth-order valence-electron chi connectivity index (χ4n) is 16.7. The zero-order valence-corrected chi connectivity index (χ0v) is 44.2. The average molecular weight is 1030 g/mol. The van der Waals surface area contributed by atoms with Crippen LogP contribution in [0.5, 0.6) is 0 Å². The van der Waals surface area contributed by atoms with Crippen molar-refractivity contribution in [2.75, 3.05) is 0 Å². The number of benzene rings is 16. The Kier molecular flexibility index (Phi) is 7.61. The number of hydrogen-bond donors (Lipinski definition) is 0. The molecule has 0 amide bonds. The Labute approximate surface area is 468 Å². The van der Waals surface area contributed by atoms with Crippen molar-refractivity contribution in [2.24, 2.45) is 0 Å². The summed E-state index contributed by atoms with van der Waals surface area (Å²) in [5, 5.41) is 30.9. The molecule has 0 saturated carbocycles. The molecule has 0 bridgehead atoms. The Hall–Kier alpha value is -10.7. The fraction of sp³-hybridized carbons (Fsp3) is 0. The number of hydrogen-bond acceptors (Lipinski definition) is 0. The smallest absolute Gasteiger partial charge is 0.252 e. The summed E-state index contributed by atoms with van der Waals surface area (Å²) in [7, 11) is 0. The summed E-state index contributed by atoms with van der Waals surface area (Å²) in [6, 6.07) is 97.5. The van der Waals surface area contributed by atoms with E-state index in [1.807, 2.05) is 0 Å². The van der Waals surface area contributed by atoms with Crippen LogP contribution in [-0.2, 0) is 0 Å². The molecule has 5 heterocycles. The predicted octanol–water partition coefficient (Wildman–Crippen LogP) is 18.5. The van der Waals surface area contributed by atoms with E-state index in [1.54, 1.807) is 0 Å². The molecule has 82 heavy (non-hydrogen) atoms. The van der Waals surface area contributed by atoms with Gasteiger partial charge in [-0.05, 0) is 140 Å². The zero-order valence-electron chi connectivity index (χ0n) is 44.2. The normalized spacial score (nSPS) is 13.1. The summed E-state index contributed by atoms with van der Waals surface area (Å²) in [5.74, 6) is 0. The van der Waals surface area contributed by atoms with E-state index in [2.05, 4.69) is 268 Å². The Morgan fingerprint density at radius 2 is 0.610 bits per heavy atom. The van der Waals surface area contributed by atoms with E-state index in [9.17, 15) is 0 Å². The maximum Gasteiger partial charge on any atom is 0.252 e. The first kappa shape index (κ1) is 42.3. The largest absolute Gasteiger partial charge is 0.310 e. The van der Waals surface area contributed by atoms with E-state index in [4.69, 9.17) is 0 Å². The van der Waals surface area contributed by atoms with Crippen LogP contribution in [0.3, 0.4) is 0 Å². The van der Waals surface area contributed by atoms with Crippen molar-refractivity contribution in [1.82, 2.24) is 13.7 Å². The summed E-state index contributed by atoms with van der Waals surface area (Å²) in [4.78, 5) is 0. The summed E-state index contributed by atoms with van der Waals surface area (Å²) in [6.07, 6.45) is 0. The van der Waals surface area contributed by atoms with Crippen LogP contribution in [0.25, 0.3) is 179 Å². The lowest BCUT2D eigenvalue weighted by atomic mass is 9.34. The SMILES string of the molecule is c1cc2c3c(c1)-n1c4c(cc(-n5c6ccccc6c6ccccc65)cc4c4ccc5c6ccccc6c6ccccc6c5c41)B3c1cc3c4ccccc4c4ccccc4c3c3c4c5c6ccccc6c6ccccc6c5ccc4n-2c13. The molecule has 2 aliphatic rings. The average Bonchev–Trinajstić information content (AvgIpc) is 1.86. The van der Waals surface area contributed by atoms with Crippen molar-refractivity contribution in [3.8, 4) is 17.1 Å². The van der Waals surface area contributed by atoms with E-state index in [-0.39, 0.29) is 6.71 Å². The Morgan fingerprint density at radius 3 is 1.17 bits per heavy atom. The van der Waals surface area contributed by atoms with Gasteiger partial charge in [0.15, 0.2) is 0 Å². The van der Waals surface area contributed by atoms with Crippen LogP contribution in [0.15, 0.2) is 255 Å². The minimum atomic E-state index is -0.125. The lowest BCUT2D eigenvalue weighted by Crippen LogP contribution is -2.59. The predicted molar refractivity (Wildman–Crippen MR) is 352 cm³/mol. The molecule has 4 heteroatoms. The molecule has 0 atom stereocenters. The molecule has 3 nitrogen and oxygen atoms in total. The van der Waals surface area contributed by atoms with Gasteiger partial charge in [0.1, 0.15) is 0 Å². The molecule has 0 saturated heterocycles. The second-order valence-corrected chi connectivity index (χ2v) is 23.3. The highest BCUT2D eigenvalue weighted by atomic mass is 15.0. The van der Waals surface area contributed by atoms with Crippen LogP contribution >= 0.6 is 0 Å². The van der Waals surface area contributed by atoms with Crippen LogP contribution in [-0.4, -0.2) is 20.4 Å². The maximum atomic E-state index is 2.71. The lowest BCUT2D eigenvalue weighted by Gasteiger charge is -2.34. The van der Waals surface area contributed by atoms with Crippen LogP contribution < -0.4 is 16.4 Å². The van der Waals surface area contributed by atoms with Gasteiger partial charge in [-0.25, -0.2) is 0 Å². The van der Waals surface area contributed by atoms with Crippen LogP contribution in [0, 0.1) is 0 Å². The van der Waals surface area contributed by atoms with Gasteiger partial charge in [0.25, 0.3) is 6.71 Å². The van der Waals surface area contributed by atoms with Gasteiger partial charge in [-0.3, -0.25) is 0 Å². The quantitative estimate of drug-likeness (QED) is 0.115. The Bertz CT molecular complexity index is 6140. The second-order valence-electron chi connectivity index (χ2n) is 23.3. The number of fused-ring (bicyclic) bond motifs is 34. The maximum absolute atomic E-state index is 2.71. The first-order valence-electron chi connectivity index (χ1n) is 28.8. The highest BCUT2D eigenvalue weighted by Crippen LogP contribution is 2.51. The molecular weight excluding hydrogens is 990 g/mol. The summed E-state index contributed by atoms with van der Waals surface area (Å²) in [6.45, 7) is -0.125. The lowest BCUT2D eigenvalue weighted by molar-refractivity contribution is 1.14. The number of aromatic nitrogens is 3. The van der Waals surface area contributed by atoms with Crippen molar-refractivity contribution in [3.05, 3.63) is 255 Å². The minimum absolute atomic E-state index is 0.125. The van der Waals surface area contributed by atoms with Crippen molar-refractivity contribution in [2.45, 2.75) is 0 Å². The summed E-state index contributed by atoms with van der Waals surface area (Å²) in [5.41, 5.74) is 15.2. The van der Waals surface area contributed by atoms with Gasteiger partial charge in [0, 0.05) is 71.1 Å². The Morgan fingerprint density at radius 1 is 0.207 bits per heavy atom. The van der Waals surface area contributed by atoms with Crippen LogP contribution in [0.2, 0.25) is 0 Å². The molecule has 0 fully saturated rings. The monoisotopic (exact) mass is 1030 g/mol. The van der Waals surface area contributed by atoms with Gasteiger partial charge < -0.3 is 13.7 Å². The van der Waals surface area contributed by atoms with Gasteiger partial charge >= 0.3 is 0 Å². The molecule has 3 aromatic heterocycles. The summed E-state index contributed by atoms with van der Waals surface area (Å²) >= 11 is 0. The third kappa shape index (κ3) is 4.89. The number of nitrogens with zero attached hydrogens (tertiary/aromatic N) is 3. The summed E-state index contributed by atoms with van der Waals surface area (Å²) < 4.78 is 7.96. The van der Waals surface area contributed by atoms with Crippen molar-refractivity contribution >= 4 is 185 Å². The molecule has 372 valence electrons. The van der Waals surface area contributed by atoms with E-state index in [0.29, 0.717) is 0 Å². The van der Waals surface area contributed by atoms with Crippen LogP contribution in [0.4, 0.5) is 0 Å². The van der Waals surface area contributed by atoms with E-state index >= 15 is 0 Å². The zero-order chi connectivity index (χ0) is 52.8. The fourth-order valence-corrected chi connectivity index (χ4v) is 16.7. The Balaban J connectivity index is 1.03. The van der Waals surface area contributed by atoms with E-state index < -0.39 is 0 Å². The molecule has 2 aliphatic heterocycles. The van der Waals surface area contributed by atoms with Gasteiger partial charge in [0.2, 0.25) is 0 Å². The number of para-hydroxylation sites is 2. The molecule has 0 spiro atoms. The molecule has 19 aromatic rings. The van der Waals surface area contributed by atoms with Gasteiger partial charge in [-0.2, -0.15) is 0 Å². The molecule has 0 unspecified atom stereocenters.